The second-order valence-electron chi connectivity index (χ2n) is 6.50. The highest BCUT2D eigenvalue weighted by molar-refractivity contribution is 5.54. The molecule has 1 aromatic carbocycles. The lowest BCUT2D eigenvalue weighted by molar-refractivity contribution is 0.393. The fraction of sp³-hybridized carbons (Fsp3) is 0.316. The molecule has 1 aliphatic rings. The number of likely N-dealkylation sites (N-methyl/N-ethyl adjacent to an activating group) is 1. The van der Waals surface area contributed by atoms with E-state index in [1.807, 2.05) is 36.8 Å². The van der Waals surface area contributed by atoms with E-state index in [-0.39, 0.29) is 0 Å². The average Bonchev–Trinajstić information content (AvgIpc) is 3.30. The van der Waals surface area contributed by atoms with Gasteiger partial charge in [0, 0.05) is 43.9 Å². The number of hydrogen-bond donors (Lipinski definition) is 1. The Morgan fingerprint density at radius 3 is 2.64 bits per heavy atom. The van der Waals surface area contributed by atoms with Crippen molar-refractivity contribution in [2.75, 3.05) is 25.5 Å². The van der Waals surface area contributed by atoms with Gasteiger partial charge in [0.05, 0.1) is 5.56 Å². The van der Waals surface area contributed by atoms with E-state index in [1.165, 1.54) is 5.56 Å². The Morgan fingerprint density at radius 1 is 1.12 bits per heavy atom. The van der Waals surface area contributed by atoms with E-state index < -0.39 is 0 Å². The zero-order valence-electron chi connectivity index (χ0n) is 14.3. The van der Waals surface area contributed by atoms with Crippen LogP contribution in [0, 0.1) is 0 Å². The van der Waals surface area contributed by atoms with Gasteiger partial charge in [-0.25, -0.2) is 15.0 Å². The van der Waals surface area contributed by atoms with Gasteiger partial charge in [0.2, 0.25) is 5.95 Å². The maximum atomic E-state index is 4.52. The summed E-state index contributed by atoms with van der Waals surface area (Å²) in [5, 5.41) is 3.25. The molecule has 128 valence electrons. The van der Waals surface area contributed by atoms with Crippen molar-refractivity contribution >= 4 is 5.95 Å². The van der Waals surface area contributed by atoms with Crippen LogP contribution in [0.4, 0.5) is 5.95 Å². The smallest absolute Gasteiger partial charge is 0.222 e. The Labute approximate surface area is 147 Å². The van der Waals surface area contributed by atoms with Crippen molar-refractivity contribution < 1.29 is 0 Å². The van der Waals surface area contributed by atoms with E-state index in [0.29, 0.717) is 18.5 Å². The molecule has 1 saturated heterocycles. The Kier molecular flexibility index (Phi) is 4.43. The normalized spacial score (nSPS) is 17.7. The molecule has 6 nitrogen and oxygen atoms in total. The number of rotatable bonds is 5. The fourth-order valence-electron chi connectivity index (χ4n) is 3.28. The molecular weight excluding hydrogens is 312 g/mol. The zero-order valence-corrected chi connectivity index (χ0v) is 14.3. The lowest BCUT2D eigenvalue weighted by atomic mass is 10.2. The first-order valence-corrected chi connectivity index (χ1v) is 8.61. The summed E-state index contributed by atoms with van der Waals surface area (Å²) in [4.78, 5) is 15.8. The molecule has 0 spiro atoms. The molecule has 1 fully saturated rings. The number of nitrogens with zero attached hydrogens (tertiary/aromatic N) is 5. The molecule has 1 unspecified atom stereocenters. The van der Waals surface area contributed by atoms with Crippen LogP contribution in [0.3, 0.4) is 0 Å². The minimum atomic E-state index is 0.471. The van der Waals surface area contributed by atoms with Crippen molar-refractivity contribution in [3.05, 3.63) is 60.7 Å². The minimum absolute atomic E-state index is 0.471. The second-order valence-corrected chi connectivity index (χ2v) is 6.50. The quantitative estimate of drug-likeness (QED) is 0.777. The van der Waals surface area contributed by atoms with E-state index in [1.54, 1.807) is 0 Å². The second kappa shape index (κ2) is 7.03. The van der Waals surface area contributed by atoms with Crippen molar-refractivity contribution in [1.29, 1.82) is 0 Å². The average molecular weight is 334 g/mol. The van der Waals surface area contributed by atoms with Gasteiger partial charge >= 0.3 is 0 Å². The van der Waals surface area contributed by atoms with Gasteiger partial charge in [0.1, 0.15) is 5.82 Å². The molecule has 3 heterocycles. The summed E-state index contributed by atoms with van der Waals surface area (Å²) in [6.45, 7) is 2.89. The molecule has 0 radical (unpaired) electrons. The lowest BCUT2D eigenvalue weighted by Crippen LogP contribution is -2.16. The molecule has 3 aromatic rings. The first-order chi connectivity index (χ1) is 12.3. The van der Waals surface area contributed by atoms with Gasteiger partial charge in [-0.05, 0) is 25.6 Å². The third kappa shape index (κ3) is 3.53. The first-order valence-electron chi connectivity index (χ1n) is 8.61. The minimum Gasteiger partial charge on any atom is -0.350 e. The Balaban J connectivity index is 1.47. The summed E-state index contributed by atoms with van der Waals surface area (Å²) >= 11 is 0. The van der Waals surface area contributed by atoms with Crippen molar-refractivity contribution in [3.63, 3.8) is 0 Å². The van der Waals surface area contributed by atoms with Gasteiger partial charge in [-0.3, -0.25) is 0 Å². The van der Waals surface area contributed by atoms with Crippen molar-refractivity contribution in [2.45, 2.75) is 19.0 Å². The molecule has 0 aliphatic carbocycles. The molecule has 0 bridgehead atoms. The summed E-state index contributed by atoms with van der Waals surface area (Å²) in [5.74, 6) is 1.57. The Morgan fingerprint density at radius 2 is 1.92 bits per heavy atom. The van der Waals surface area contributed by atoms with Gasteiger partial charge in [0.25, 0.3) is 0 Å². The van der Waals surface area contributed by atoms with Crippen LogP contribution in [0.5, 0.6) is 0 Å². The summed E-state index contributed by atoms with van der Waals surface area (Å²) in [6.07, 6.45) is 8.75. The number of benzene rings is 1. The number of hydrogen-bond acceptors (Lipinski definition) is 5. The van der Waals surface area contributed by atoms with Gasteiger partial charge in [-0.2, -0.15) is 0 Å². The highest BCUT2D eigenvalue weighted by atomic mass is 15.2. The number of aromatic nitrogens is 4. The molecule has 4 rings (SSSR count). The summed E-state index contributed by atoms with van der Waals surface area (Å²) in [7, 11) is 2.16. The van der Waals surface area contributed by atoms with Crippen molar-refractivity contribution in [2.24, 2.45) is 0 Å². The van der Waals surface area contributed by atoms with E-state index >= 15 is 0 Å². The predicted molar refractivity (Wildman–Crippen MR) is 98.2 cm³/mol. The van der Waals surface area contributed by atoms with Gasteiger partial charge in [-0.15, -0.1) is 0 Å². The summed E-state index contributed by atoms with van der Waals surface area (Å²) in [5.41, 5.74) is 2.15. The maximum Gasteiger partial charge on any atom is 0.222 e. The van der Waals surface area contributed by atoms with Crippen LogP contribution in [0.1, 0.15) is 18.0 Å². The van der Waals surface area contributed by atoms with Gasteiger partial charge in [-0.1, -0.05) is 30.3 Å². The monoisotopic (exact) mass is 334 g/mol. The Bertz CT molecular complexity index is 811. The highest BCUT2D eigenvalue weighted by Gasteiger charge is 2.23. The zero-order chi connectivity index (χ0) is 17.1. The molecule has 1 aliphatic heterocycles. The number of likely N-dealkylation sites (tertiary alicyclic amines) is 1. The first kappa shape index (κ1) is 15.8. The van der Waals surface area contributed by atoms with E-state index in [2.05, 4.69) is 55.1 Å². The van der Waals surface area contributed by atoms with Crippen molar-refractivity contribution in [3.8, 4) is 11.4 Å². The van der Waals surface area contributed by atoms with Crippen LogP contribution >= 0.6 is 0 Å². The number of anilines is 1. The summed E-state index contributed by atoms with van der Waals surface area (Å²) in [6, 6.07) is 10.7. The molecular formula is C19H22N6. The maximum absolute atomic E-state index is 4.52. The molecule has 0 saturated carbocycles. The van der Waals surface area contributed by atoms with Crippen molar-refractivity contribution in [1.82, 2.24) is 24.4 Å². The third-order valence-corrected chi connectivity index (χ3v) is 4.63. The molecule has 2 aromatic heterocycles. The SMILES string of the molecule is CN1CCC(n2ccnc2-c2cnc(NCc3ccccc3)nc2)C1. The van der Waals surface area contributed by atoms with Crippen LogP contribution in [-0.4, -0.2) is 44.6 Å². The van der Waals surface area contributed by atoms with Crippen LogP contribution in [-0.2, 0) is 6.54 Å². The van der Waals surface area contributed by atoms with Crippen LogP contribution in [0.2, 0.25) is 0 Å². The molecule has 1 N–H and O–H groups in total. The van der Waals surface area contributed by atoms with Crippen LogP contribution < -0.4 is 5.32 Å². The number of nitrogens with one attached hydrogen (secondary N) is 1. The van der Waals surface area contributed by atoms with Gasteiger partial charge < -0.3 is 14.8 Å². The third-order valence-electron chi connectivity index (χ3n) is 4.63. The lowest BCUT2D eigenvalue weighted by Gasteiger charge is -2.15. The predicted octanol–water partition coefficient (Wildman–Crippen LogP) is 2.83. The molecule has 0 amide bonds. The van der Waals surface area contributed by atoms with Crippen LogP contribution in [0.15, 0.2) is 55.1 Å². The van der Waals surface area contributed by atoms with Gasteiger partial charge in [0.15, 0.2) is 0 Å². The van der Waals surface area contributed by atoms with E-state index in [0.717, 1.165) is 30.9 Å². The largest absolute Gasteiger partial charge is 0.350 e. The van der Waals surface area contributed by atoms with Crippen LogP contribution in [0.25, 0.3) is 11.4 Å². The molecule has 6 heteroatoms. The van der Waals surface area contributed by atoms with E-state index in [4.69, 9.17) is 0 Å². The molecule has 25 heavy (non-hydrogen) atoms. The highest BCUT2D eigenvalue weighted by Crippen LogP contribution is 2.26. The topological polar surface area (TPSA) is 58.9 Å². The standard InChI is InChI=1S/C19H22N6/c1-24-9-7-17(14-24)25-10-8-20-18(25)16-12-22-19(23-13-16)21-11-15-5-3-2-4-6-15/h2-6,8,10,12-13,17H,7,9,11,14H2,1H3,(H,21,22,23). The number of imidazole rings is 1. The summed E-state index contributed by atoms with van der Waals surface area (Å²) < 4.78 is 2.25. The Hall–Kier alpha value is -2.73. The fourth-order valence-corrected chi connectivity index (χ4v) is 3.28. The molecule has 1 atom stereocenters. The van der Waals surface area contributed by atoms with E-state index in [9.17, 15) is 0 Å².